The zero-order valence-electron chi connectivity index (χ0n) is 11.2. The molecule has 2 rings (SSSR count). The van der Waals surface area contributed by atoms with Crippen molar-refractivity contribution in [3.63, 3.8) is 0 Å². The van der Waals surface area contributed by atoms with Crippen LogP contribution in [0, 0.1) is 0 Å². The van der Waals surface area contributed by atoms with Gasteiger partial charge in [-0.15, -0.1) is 0 Å². The lowest BCUT2D eigenvalue weighted by Gasteiger charge is -2.19. The predicted molar refractivity (Wildman–Crippen MR) is 74.7 cm³/mol. The molecule has 0 aliphatic carbocycles. The van der Waals surface area contributed by atoms with Gasteiger partial charge in [0.15, 0.2) is 5.84 Å². The van der Waals surface area contributed by atoms with Crippen molar-refractivity contribution >= 4 is 5.84 Å². The van der Waals surface area contributed by atoms with Gasteiger partial charge in [-0.25, -0.2) is 0 Å². The first-order valence-corrected chi connectivity index (χ1v) is 6.62. The molecule has 19 heavy (non-hydrogen) atoms. The van der Waals surface area contributed by atoms with Gasteiger partial charge in [0.25, 0.3) is 0 Å². The molecule has 0 bridgehead atoms. The lowest BCUT2D eigenvalue weighted by molar-refractivity contribution is 0.233. The summed E-state index contributed by atoms with van der Waals surface area (Å²) in [7, 11) is 2.15. The van der Waals surface area contributed by atoms with E-state index in [1.165, 1.54) is 19.4 Å². The molecule has 3 N–H and O–H groups in total. The third kappa shape index (κ3) is 3.38. The van der Waals surface area contributed by atoms with Crippen LogP contribution in [-0.4, -0.2) is 42.2 Å². The quantitative estimate of drug-likeness (QED) is 0.367. The van der Waals surface area contributed by atoms with Crippen LogP contribution in [0.4, 0.5) is 0 Å². The number of para-hydroxylation sites is 1. The largest absolute Gasteiger partial charge is 0.493 e. The van der Waals surface area contributed by atoms with E-state index in [9.17, 15) is 0 Å². The monoisotopic (exact) mass is 263 g/mol. The normalized spacial score (nSPS) is 20.7. The summed E-state index contributed by atoms with van der Waals surface area (Å²) in [5, 5.41) is 11.8. The number of nitrogens with zero attached hydrogens (tertiary/aromatic N) is 2. The standard InChI is InChI=1S/C14H21N3O2/c1-17-9-4-5-11(17)8-10-19-13-7-3-2-6-12(13)14(15)16-18/h2-3,6-7,11,18H,4-5,8-10H2,1H3,(H2,15,16). The Balaban J connectivity index is 1.92. The number of nitrogens with two attached hydrogens (primary N) is 1. The third-order valence-corrected chi connectivity index (χ3v) is 3.65. The van der Waals surface area contributed by atoms with Crippen molar-refractivity contribution in [1.29, 1.82) is 0 Å². The van der Waals surface area contributed by atoms with Crippen LogP contribution in [-0.2, 0) is 0 Å². The van der Waals surface area contributed by atoms with Crippen LogP contribution in [0.25, 0.3) is 0 Å². The molecule has 5 heteroatoms. The number of ether oxygens (including phenoxy) is 1. The molecule has 1 unspecified atom stereocenters. The maximum absolute atomic E-state index is 8.75. The number of amidine groups is 1. The highest BCUT2D eigenvalue weighted by Gasteiger charge is 2.20. The zero-order chi connectivity index (χ0) is 13.7. The predicted octanol–water partition coefficient (Wildman–Crippen LogP) is 1.64. The maximum Gasteiger partial charge on any atom is 0.173 e. The second-order valence-electron chi connectivity index (χ2n) is 4.90. The van der Waals surface area contributed by atoms with Gasteiger partial charge in [-0.05, 0) is 45.0 Å². The van der Waals surface area contributed by atoms with Crippen molar-refractivity contribution in [3.8, 4) is 5.75 Å². The lowest BCUT2D eigenvalue weighted by Crippen LogP contribution is -2.26. The minimum Gasteiger partial charge on any atom is -0.493 e. The summed E-state index contributed by atoms with van der Waals surface area (Å²) in [5.41, 5.74) is 6.25. The molecular weight excluding hydrogens is 242 g/mol. The van der Waals surface area contributed by atoms with Crippen molar-refractivity contribution in [1.82, 2.24) is 4.90 Å². The molecule has 0 radical (unpaired) electrons. The van der Waals surface area contributed by atoms with E-state index in [0.29, 0.717) is 24.0 Å². The summed E-state index contributed by atoms with van der Waals surface area (Å²) in [4.78, 5) is 2.37. The van der Waals surface area contributed by atoms with Crippen molar-refractivity contribution in [2.45, 2.75) is 25.3 Å². The van der Waals surface area contributed by atoms with Gasteiger partial charge in [-0.2, -0.15) is 0 Å². The summed E-state index contributed by atoms with van der Waals surface area (Å²) in [6, 6.07) is 7.95. The van der Waals surface area contributed by atoms with Crippen LogP contribution in [0.5, 0.6) is 5.75 Å². The molecule has 1 fully saturated rings. The number of rotatable bonds is 5. The summed E-state index contributed by atoms with van der Waals surface area (Å²) >= 11 is 0. The minimum absolute atomic E-state index is 0.0774. The second-order valence-corrected chi connectivity index (χ2v) is 4.90. The van der Waals surface area contributed by atoms with E-state index >= 15 is 0 Å². The van der Waals surface area contributed by atoms with Crippen LogP contribution in [0.3, 0.4) is 0 Å². The molecule has 1 aliphatic heterocycles. The van der Waals surface area contributed by atoms with Gasteiger partial charge in [-0.3, -0.25) is 0 Å². The molecule has 1 aromatic rings. The van der Waals surface area contributed by atoms with Crippen LogP contribution >= 0.6 is 0 Å². The summed E-state index contributed by atoms with van der Waals surface area (Å²) < 4.78 is 5.77. The van der Waals surface area contributed by atoms with Crippen LogP contribution < -0.4 is 10.5 Å². The van der Waals surface area contributed by atoms with Crippen molar-refractivity contribution in [2.24, 2.45) is 10.9 Å². The Morgan fingerprint density at radius 1 is 1.53 bits per heavy atom. The fraction of sp³-hybridized carbons (Fsp3) is 0.500. The van der Waals surface area contributed by atoms with E-state index in [1.807, 2.05) is 18.2 Å². The first-order chi connectivity index (χ1) is 9.22. The first kappa shape index (κ1) is 13.7. The van der Waals surface area contributed by atoms with Gasteiger partial charge in [0, 0.05) is 6.04 Å². The van der Waals surface area contributed by atoms with Gasteiger partial charge >= 0.3 is 0 Å². The van der Waals surface area contributed by atoms with Gasteiger partial charge in [0.1, 0.15) is 5.75 Å². The van der Waals surface area contributed by atoms with E-state index in [4.69, 9.17) is 15.7 Å². The van der Waals surface area contributed by atoms with E-state index in [1.54, 1.807) is 6.07 Å². The van der Waals surface area contributed by atoms with E-state index < -0.39 is 0 Å². The Kier molecular flexibility index (Phi) is 4.63. The fourth-order valence-electron chi connectivity index (χ4n) is 2.51. The molecule has 0 aromatic heterocycles. The van der Waals surface area contributed by atoms with Crippen LogP contribution in [0.2, 0.25) is 0 Å². The smallest absolute Gasteiger partial charge is 0.173 e. The average molecular weight is 263 g/mol. The van der Waals surface area contributed by atoms with Gasteiger partial charge in [0.05, 0.1) is 12.2 Å². The van der Waals surface area contributed by atoms with Gasteiger partial charge in [-0.1, -0.05) is 17.3 Å². The molecule has 1 heterocycles. The first-order valence-electron chi connectivity index (χ1n) is 6.62. The molecule has 0 saturated carbocycles. The Morgan fingerprint density at radius 3 is 3.00 bits per heavy atom. The van der Waals surface area contributed by atoms with Gasteiger partial charge in [0.2, 0.25) is 0 Å². The van der Waals surface area contributed by atoms with Crippen molar-refractivity contribution in [2.75, 3.05) is 20.2 Å². The van der Waals surface area contributed by atoms with E-state index in [-0.39, 0.29) is 5.84 Å². The number of hydrogen-bond donors (Lipinski definition) is 2. The third-order valence-electron chi connectivity index (χ3n) is 3.65. The summed E-state index contributed by atoms with van der Waals surface area (Å²) in [6.07, 6.45) is 3.50. The molecule has 1 saturated heterocycles. The number of likely N-dealkylation sites (tertiary alicyclic amines) is 1. The Hall–Kier alpha value is -1.75. The molecular formula is C14H21N3O2. The Bertz CT molecular complexity index is 448. The van der Waals surface area contributed by atoms with E-state index in [0.717, 1.165) is 6.42 Å². The highest BCUT2D eigenvalue weighted by atomic mass is 16.5. The molecule has 104 valence electrons. The highest BCUT2D eigenvalue weighted by molar-refractivity contribution is 5.99. The number of hydrogen-bond acceptors (Lipinski definition) is 4. The number of oxime groups is 1. The highest BCUT2D eigenvalue weighted by Crippen LogP contribution is 2.21. The number of benzene rings is 1. The topological polar surface area (TPSA) is 71.1 Å². The SMILES string of the molecule is CN1CCCC1CCOc1ccccc1/C(N)=N/O. The average Bonchev–Trinajstić information content (AvgIpc) is 2.84. The van der Waals surface area contributed by atoms with Crippen LogP contribution in [0.1, 0.15) is 24.8 Å². The van der Waals surface area contributed by atoms with Crippen LogP contribution in [0.15, 0.2) is 29.4 Å². The minimum atomic E-state index is 0.0774. The molecule has 0 amide bonds. The molecule has 1 atom stereocenters. The Morgan fingerprint density at radius 2 is 2.32 bits per heavy atom. The van der Waals surface area contributed by atoms with Gasteiger partial charge < -0.3 is 20.6 Å². The maximum atomic E-state index is 8.75. The lowest BCUT2D eigenvalue weighted by atomic mass is 10.1. The molecule has 0 spiro atoms. The van der Waals surface area contributed by atoms with Crippen molar-refractivity contribution in [3.05, 3.63) is 29.8 Å². The van der Waals surface area contributed by atoms with E-state index in [2.05, 4.69) is 17.1 Å². The molecule has 5 nitrogen and oxygen atoms in total. The molecule has 1 aromatic carbocycles. The Labute approximate surface area is 113 Å². The second kappa shape index (κ2) is 6.43. The fourth-order valence-corrected chi connectivity index (χ4v) is 2.51. The van der Waals surface area contributed by atoms with Crippen molar-refractivity contribution < 1.29 is 9.94 Å². The zero-order valence-corrected chi connectivity index (χ0v) is 11.2. The summed E-state index contributed by atoms with van der Waals surface area (Å²) in [6.45, 7) is 1.82. The summed E-state index contributed by atoms with van der Waals surface area (Å²) in [5.74, 6) is 0.743. The molecule has 1 aliphatic rings.